The molecule has 2 N–H and O–H groups in total. The molecule has 16 heavy (non-hydrogen) atoms. The van der Waals surface area contributed by atoms with Crippen LogP contribution in [-0.4, -0.2) is 13.7 Å². The molecule has 2 aromatic rings. The fourth-order valence-corrected chi connectivity index (χ4v) is 2.88. The summed E-state index contributed by atoms with van der Waals surface area (Å²) in [6.07, 6.45) is 2.01. The standard InChI is InChI=1S/C13H17NOS/c1-15-8-4-6-11(14)13-9-10-5-2-3-7-12(10)16-13/h2-3,5,7,9,11H,4,6,8,14H2,1H3. The highest BCUT2D eigenvalue weighted by molar-refractivity contribution is 7.19. The third kappa shape index (κ3) is 2.61. The lowest BCUT2D eigenvalue weighted by atomic mass is 10.1. The van der Waals surface area contributed by atoms with Gasteiger partial charge in [0, 0.05) is 29.3 Å². The number of hydrogen-bond acceptors (Lipinski definition) is 3. The van der Waals surface area contributed by atoms with Gasteiger partial charge in [-0.25, -0.2) is 0 Å². The van der Waals surface area contributed by atoms with E-state index in [0.717, 1.165) is 19.4 Å². The van der Waals surface area contributed by atoms with Gasteiger partial charge in [0.1, 0.15) is 0 Å². The minimum atomic E-state index is 0.146. The number of methoxy groups -OCH3 is 1. The Labute approximate surface area is 100 Å². The van der Waals surface area contributed by atoms with Crippen LogP contribution in [0, 0.1) is 0 Å². The molecule has 0 aliphatic rings. The van der Waals surface area contributed by atoms with Gasteiger partial charge in [-0.2, -0.15) is 0 Å². The first-order valence-electron chi connectivity index (χ1n) is 5.54. The maximum atomic E-state index is 6.15. The van der Waals surface area contributed by atoms with E-state index in [-0.39, 0.29) is 6.04 Å². The number of nitrogens with two attached hydrogens (primary N) is 1. The van der Waals surface area contributed by atoms with Crippen molar-refractivity contribution in [3.8, 4) is 0 Å². The summed E-state index contributed by atoms with van der Waals surface area (Å²) in [5, 5.41) is 1.30. The van der Waals surface area contributed by atoms with E-state index in [1.807, 2.05) is 0 Å². The largest absolute Gasteiger partial charge is 0.385 e. The normalized spacial score (nSPS) is 13.1. The first kappa shape index (κ1) is 11.6. The Morgan fingerprint density at radius 1 is 1.38 bits per heavy atom. The average molecular weight is 235 g/mol. The zero-order valence-corrected chi connectivity index (χ0v) is 10.3. The lowest BCUT2D eigenvalue weighted by Gasteiger charge is -2.08. The van der Waals surface area contributed by atoms with E-state index in [9.17, 15) is 0 Å². The monoisotopic (exact) mass is 235 g/mol. The fraction of sp³-hybridized carbons (Fsp3) is 0.385. The predicted molar refractivity (Wildman–Crippen MR) is 69.9 cm³/mol. The van der Waals surface area contributed by atoms with Crippen molar-refractivity contribution in [1.82, 2.24) is 0 Å². The van der Waals surface area contributed by atoms with E-state index in [4.69, 9.17) is 10.5 Å². The van der Waals surface area contributed by atoms with Crippen molar-refractivity contribution in [1.29, 1.82) is 0 Å². The van der Waals surface area contributed by atoms with Crippen LogP contribution in [0.25, 0.3) is 10.1 Å². The van der Waals surface area contributed by atoms with Crippen LogP contribution in [0.5, 0.6) is 0 Å². The van der Waals surface area contributed by atoms with Crippen LogP contribution >= 0.6 is 11.3 Å². The van der Waals surface area contributed by atoms with Crippen molar-refractivity contribution in [3.05, 3.63) is 35.2 Å². The number of thiophene rings is 1. The topological polar surface area (TPSA) is 35.2 Å². The minimum absolute atomic E-state index is 0.146. The van der Waals surface area contributed by atoms with Gasteiger partial charge in [0.25, 0.3) is 0 Å². The van der Waals surface area contributed by atoms with Crippen molar-refractivity contribution in [2.24, 2.45) is 5.73 Å². The second-order valence-electron chi connectivity index (χ2n) is 3.93. The Morgan fingerprint density at radius 2 is 2.19 bits per heavy atom. The highest BCUT2D eigenvalue weighted by Gasteiger charge is 2.09. The fourth-order valence-electron chi connectivity index (χ4n) is 1.77. The molecule has 86 valence electrons. The molecule has 0 saturated carbocycles. The van der Waals surface area contributed by atoms with Crippen LogP contribution in [0.4, 0.5) is 0 Å². The number of ether oxygens (including phenoxy) is 1. The molecule has 0 spiro atoms. The number of fused-ring (bicyclic) bond motifs is 1. The van der Waals surface area contributed by atoms with Gasteiger partial charge >= 0.3 is 0 Å². The molecule has 1 unspecified atom stereocenters. The maximum absolute atomic E-state index is 6.15. The summed E-state index contributed by atoms with van der Waals surface area (Å²) in [6.45, 7) is 0.790. The third-order valence-corrected chi connectivity index (χ3v) is 3.92. The summed E-state index contributed by atoms with van der Waals surface area (Å²) in [5.41, 5.74) is 6.15. The van der Waals surface area contributed by atoms with Gasteiger partial charge in [-0.1, -0.05) is 18.2 Å². The molecule has 1 heterocycles. The Morgan fingerprint density at radius 3 is 2.94 bits per heavy atom. The quantitative estimate of drug-likeness (QED) is 0.807. The zero-order chi connectivity index (χ0) is 11.4. The molecule has 2 rings (SSSR count). The Kier molecular flexibility index (Phi) is 3.93. The van der Waals surface area contributed by atoms with Gasteiger partial charge in [0.05, 0.1) is 0 Å². The molecular formula is C13H17NOS. The molecule has 3 heteroatoms. The smallest absolute Gasteiger partial charge is 0.0462 e. The summed E-state index contributed by atoms with van der Waals surface area (Å²) < 4.78 is 6.35. The van der Waals surface area contributed by atoms with Gasteiger partial charge in [-0.15, -0.1) is 11.3 Å². The molecule has 0 saturated heterocycles. The average Bonchev–Trinajstić information content (AvgIpc) is 2.73. The molecule has 1 aromatic heterocycles. The third-order valence-electron chi connectivity index (χ3n) is 2.67. The van der Waals surface area contributed by atoms with Crippen molar-refractivity contribution in [3.63, 3.8) is 0 Å². The zero-order valence-electron chi connectivity index (χ0n) is 9.48. The molecule has 1 atom stereocenters. The van der Waals surface area contributed by atoms with E-state index >= 15 is 0 Å². The highest BCUT2D eigenvalue weighted by atomic mass is 32.1. The van der Waals surface area contributed by atoms with Crippen LogP contribution < -0.4 is 5.73 Å². The van der Waals surface area contributed by atoms with Gasteiger partial charge in [-0.05, 0) is 30.4 Å². The van der Waals surface area contributed by atoms with E-state index in [2.05, 4.69) is 30.3 Å². The summed E-state index contributed by atoms with van der Waals surface area (Å²) in [4.78, 5) is 1.28. The van der Waals surface area contributed by atoms with Gasteiger partial charge in [0.15, 0.2) is 0 Å². The summed E-state index contributed by atoms with van der Waals surface area (Å²) in [6, 6.07) is 10.8. The van der Waals surface area contributed by atoms with E-state index in [1.54, 1.807) is 18.4 Å². The highest BCUT2D eigenvalue weighted by Crippen LogP contribution is 2.30. The molecular weight excluding hydrogens is 218 g/mol. The first-order chi connectivity index (χ1) is 7.81. The lowest BCUT2D eigenvalue weighted by Crippen LogP contribution is -2.09. The number of hydrogen-bond donors (Lipinski definition) is 1. The van der Waals surface area contributed by atoms with Crippen molar-refractivity contribution >= 4 is 21.4 Å². The second-order valence-corrected chi connectivity index (χ2v) is 5.04. The van der Waals surface area contributed by atoms with Gasteiger partial charge in [-0.3, -0.25) is 0 Å². The molecule has 0 fully saturated rings. The minimum Gasteiger partial charge on any atom is -0.385 e. The van der Waals surface area contributed by atoms with E-state index in [0.29, 0.717) is 0 Å². The van der Waals surface area contributed by atoms with E-state index in [1.165, 1.54) is 15.0 Å². The van der Waals surface area contributed by atoms with Crippen molar-refractivity contribution in [2.75, 3.05) is 13.7 Å². The molecule has 0 aliphatic carbocycles. The molecule has 0 amide bonds. The Hall–Kier alpha value is -0.900. The van der Waals surface area contributed by atoms with Gasteiger partial charge in [0.2, 0.25) is 0 Å². The predicted octanol–water partition coefficient (Wildman–Crippen LogP) is 3.33. The van der Waals surface area contributed by atoms with Crippen LogP contribution in [-0.2, 0) is 4.74 Å². The van der Waals surface area contributed by atoms with Crippen molar-refractivity contribution in [2.45, 2.75) is 18.9 Å². The summed E-state index contributed by atoms with van der Waals surface area (Å²) in [7, 11) is 1.73. The Balaban J connectivity index is 2.07. The lowest BCUT2D eigenvalue weighted by molar-refractivity contribution is 0.190. The van der Waals surface area contributed by atoms with Crippen LogP contribution in [0.2, 0.25) is 0 Å². The van der Waals surface area contributed by atoms with Crippen LogP contribution in [0.1, 0.15) is 23.8 Å². The number of benzene rings is 1. The van der Waals surface area contributed by atoms with Crippen LogP contribution in [0.3, 0.4) is 0 Å². The molecule has 1 aromatic carbocycles. The van der Waals surface area contributed by atoms with Crippen molar-refractivity contribution < 1.29 is 4.74 Å². The van der Waals surface area contributed by atoms with Gasteiger partial charge < -0.3 is 10.5 Å². The summed E-state index contributed by atoms with van der Waals surface area (Å²) >= 11 is 1.80. The first-order valence-corrected chi connectivity index (χ1v) is 6.36. The van der Waals surface area contributed by atoms with E-state index < -0.39 is 0 Å². The molecule has 0 bridgehead atoms. The molecule has 2 nitrogen and oxygen atoms in total. The maximum Gasteiger partial charge on any atom is 0.0462 e. The SMILES string of the molecule is COCCCC(N)c1cc2ccccc2s1. The Bertz CT molecular complexity index is 419. The second kappa shape index (κ2) is 5.43. The molecule has 0 aliphatic heterocycles. The number of rotatable bonds is 5. The van der Waals surface area contributed by atoms with Crippen LogP contribution in [0.15, 0.2) is 30.3 Å². The summed E-state index contributed by atoms with van der Waals surface area (Å²) in [5.74, 6) is 0. The molecule has 0 radical (unpaired) electrons.